The second-order valence-electron chi connectivity index (χ2n) is 5.39. The SMILES string of the molecule is O=C1CCCc2ccccc2N1CC(O)C1CC1. The van der Waals surface area contributed by atoms with Crippen LogP contribution in [0, 0.1) is 5.92 Å². The molecule has 1 atom stereocenters. The molecule has 3 heteroatoms. The van der Waals surface area contributed by atoms with E-state index in [1.54, 1.807) is 4.90 Å². The highest BCUT2D eigenvalue weighted by atomic mass is 16.3. The molecule has 1 aliphatic carbocycles. The number of carbonyl (C=O) groups is 1. The van der Waals surface area contributed by atoms with Gasteiger partial charge in [-0.1, -0.05) is 18.2 Å². The summed E-state index contributed by atoms with van der Waals surface area (Å²) in [4.78, 5) is 14.0. The molecule has 1 aromatic rings. The number of aliphatic hydroxyl groups excluding tert-OH is 1. The van der Waals surface area contributed by atoms with Crippen molar-refractivity contribution >= 4 is 11.6 Å². The summed E-state index contributed by atoms with van der Waals surface area (Å²) < 4.78 is 0. The molecule has 1 N–H and O–H groups in total. The predicted molar refractivity (Wildman–Crippen MR) is 70.5 cm³/mol. The number of benzene rings is 1. The second kappa shape index (κ2) is 4.73. The third-order valence-corrected chi connectivity index (χ3v) is 3.96. The van der Waals surface area contributed by atoms with Crippen molar-refractivity contribution in [1.82, 2.24) is 0 Å². The number of fused-ring (bicyclic) bond motifs is 1. The van der Waals surface area contributed by atoms with Crippen molar-refractivity contribution in [3.05, 3.63) is 29.8 Å². The van der Waals surface area contributed by atoms with Gasteiger partial charge in [-0.25, -0.2) is 0 Å². The summed E-state index contributed by atoms with van der Waals surface area (Å²) in [5.74, 6) is 0.563. The van der Waals surface area contributed by atoms with Crippen molar-refractivity contribution in [1.29, 1.82) is 0 Å². The van der Waals surface area contributed by atoms with E-state index in [9.17, 15) is 9.90 Å². The highest BCUT2D eigenvalue weighted by Crippen LogP contribution is 2.34. The zero-order chi connectivity index (χ0) is 12.5. The molecule has 0 aromatic heterocycles. The minimum atomic E-state index is -0.361. The maximum Gasteiger partial charge on any atom is 0.227 e. The summed E-state index contributed by atoms with van der Waals surface area (Å²) >= 11 is 0. The number of aliphatic hydroxyl groups is 1. The van der Waals surface area contributed by atoms with E-state index in [0.29, 0.717) is 18.9 Å². The minimum absolute atomic E-state index is 0.152. The fourth-order valence-electron chi connectivity index (χ4n) is 2.70. The van der Waals surface area contributed by atoms with Gasteiger partial charge in [-0.05, 0) is 43.2 Å². The Labute approximate surface area is 107 Å². The number of anilines is 1. The van der Waals surface area contributed by atoms with Crippen LogP contribution in [0.3, 0.4) is 0 Å². The Kier molecular flexibility index (Phi) is 3.08. The molecule has 1 saturated carbocycles. The molecule has 3 nitrogen and oxygen atoms in total. The molecule has 18 heavy (non-hydrogen) atoms. The van der Waals surface area contributed by atoms with Crippen LogP contribution in [0.2, 0.25) is 0 Å². The Morgan fingerprint density at radius 3 is 2.83 bits per heavy atom. The summed E-state index contributed by atoms with van der Waals surface area (Å²) in [5, 5.41) is 10.1. The van der Waals surface area contributed by atoms with Crippen molar-refractivity contribution in [3.63, 3.8) is 0 Å². The lowest BCUT2D eigenvalue weighted by atomic mass is 10.1. The fraction of sp³-hybridized carbons (Fsp3) is 0.533. The van der Waals surface area contributed by atoms with E-state index in [-0.39, 0.29) is 12.0 Å². The van der Waals surface area contributed by atoms with Gasteiger partial charge in [0.1, 0.15) is 0 Å². The molecule has 1 aromatic carbocycles. The maximum absolute atomic E-state index is 12.2. The number of hydrogen-bond acceptors (Lipinski definition) is 2. The topological polar surface area (TPSA) is 40.5 Å². The summed E-state index contributed by atoms with van der Waals surface area (Å²) in [6.07, 6.45) is 4.30. The molecule has 1 fully saturated rings. The van der Waals surface area contributed by atoms with Gasteiger partial charge >= 0.3 is 0 Å². The smallest absolute Gasteiger partial charge is 0.227 e. The summed E-state index contributed by atoms with van der Waals surface area (Å²) in [5.41, 5.74) is 2.23. The van der Waals surface area contributed by atoms with Crippen LogP contribution in [-0.2, 0) is 11.2 Å². The molecule has 0 spiro atoms. The Morgan fingerprint density at radius 1 is 1.28 bits per heavy atom. The Morgan fingerprint density at radius 2 is 2.06 bits per heavy atom. The lowest BCUT2D eigenvalue weighted by Crippen LogP contribution is -2.38. The molecule has 0 radical (unpaired) electrons. The van der Waals surface area contributed by atoms with E-state index < -0.39 is 0 Å². The molecule has 1 aliphatic heterocycles. The fourth-order valence-corrected chi connectivity index (χ4v) is 2.70. The van der Waals surface area contributed by atoms with Gasteiger partial charge in [-0.15, -0.1) is 0 Å². The highest BCUT2D eigenvalue weighted by molar-refractivity contribution is 5.94. The number of hydrogen-bond donors (Lipinski definition) is 1. The average molecular weight is 245 g/mol. The van der Waals surface area contributed by atoms with E-state index >= 15 is 0 Å². The quantitative estimate of drug-likeness (QED) is 0.886. The molecular weight excluding hydrogens is 226 g/mol. The van der Waals surface area contributed by atoms with Crippen LogP contribution >= 0.6 is 0 Å². The predicted octanol–water partition coefficient (Wildman–Crippen LogP) is 2.13. The summed E-state index contributed by atoms with van der Waals surface area (Å²) in [7, 11) is 0. The monoisotopic (exact) mass is 245 g/mol. The van der Waals surface area contributed by atoms with Crippen molar-refractivity contribution < 1.29 is 9.90 Å². The molecule has 1 amide bonds. The number of nitrogens with zero attached hydrogens (tertiary/aromatic N) is 1. The number of aryl methyl sites for hydroxylation is 1. The van der Waals surface area contributed by atoms with Crippen LogP contribution in [0.25, 0.3) is 0 Å². The Bertz CT molecular complexity index is 454. The zero-order valence-corrected chi connectivity index (χ0v) is 10.5. The average Bonchev–Trinajstić information content (AvgIpc) is 3.20. The van der Waals surface area contributed by atoms with E-state index in [1.165, 1.54) is 5.56 Å². The van der Waals surface area contributed by atoms with E-state index in [4.69, 9.17) is 0 Å². The van der Waals surface area contributed by atoms with Gasteiger partial charge in [-0.2, -0.15) is 0 Å². The molecule has 1 unspecified atom stereocenters. The van der Waals surface area contributed by atoms with Crippen molar-refractivity contribution in [2.45, 2.75) is 38.2 Å². The van der Waals surface area contributed by atoms with Crippen molar-refractivity contribution in [2.24, 2.45) is 5.92 Å². The number of carbonyl (C=O) groups excluding carboxylic acids is 1. The first-order chi connectivity index (χ1) is 8.75. The Hall–Kier alpha value is -1.35. The maximum atomic E-state index is 12.2. The van der Waals surface area contributed by atoms with Gasteiger partial charge in [0.05, 0.1) is 12.6 Å². The van der Waals surface area contributed by atoms with Crippen LogP contribution in [0.15, 0.2) is 24.3 Å². The molecule has 0 bridgehead atoms. The summed E-state index contributed by atoms with van der Waals surface area (Å²) in [6, 6.07) is 8.07. The molecule has 0 saturated heterocycles. The van der Waals surface area contributed by atoms with Crippen molar-refractivity contribution in [2.75, 3.05) is 11.4 Å². The Balaban J connectivity index is 1.86. The first-order valence-electron chi connectivity index (χ1n) is 6.82. The second-order valence-corrected chi connectivity index (χ2v) is 5.39. The number of amides is 1. The first kappa shape index (κ1) is 11.7. The first-order valence-corrected chi connectivity index (χ1v) is 6.82. The lowest BCUT2D eigenvalue weighted by molar-refractivity contribution is -0.119. The van der Waals surface area contributed by atoms with Gasteiger partial charge in [0.25, 0.3) is 0 Å². The van der Waals surface area contributed by atoms with Crippen LogP contribution in [0.1, 0.15) is 31.2 Å². The molecular formula is C15H19NO2. The highest BCUT2D eigenvalue weighted by Gasteiger charge is 2.33. The van der Waals surface area contributed by atoms with E-state index in [2.05, 4.69) is 6.07 Å². The van der Waals surface area contributed by atoms with E-state index in [1.807, 2.05) is 18.2 Å². The molecule has 2 aliphatic rings. The molecule has 3 rings (SSSR count). The van der Waals surface area contributed by atoms with E-state index in [0.717, 1.165) is 31.4 Å². The van der Waals surface area contributed by atoms with Gasteiger partial charge in [0.2, 0.25) is 5.91 Å². The lowest BCUT2D eigenvalue weighted by Gasteiger charge is -2.25. The van der Waals surface area contributed by atoms with Gasteiger partial charge < -0.3 is 10.0 Å². The minimum Gasteiger partial charge on any atom is -0.391 e. The van der Waals surface area contributed by atoms with Crippen LogP contribution in [-0.4, -0.2) is 23.7 Å². The standard InChI is InChI=1S/C15H19NO2/c17-14(12-8-9-12)10-16-13-6-2-1-4-11(13)5-3-7-15(16)18/h1-2,4,6,12,14,17H,3,5,7-10H2. The van der Waals surface area contributed by atoms with Crippen LogP contribution in [0.4, 0.5) is 5.69 Å². The van der Waals surface area contributed by atoms with Gasteiger partial charge in [0.15, 0.2) is 0 Å². The normalized spacial score (nSPS) is 21.4. The number of rotatable bonds is 3. The third kappa shape index (κ3) is 2.27. The van der Waals surface area contributed by atoms with Gasteiger partial charge in [0, 0.05) is 12.1 Å². The van der Waals surface area contributed by atoms with Crippen LogP contribution < -0.4 is 4.90 Å². The number of para-hydroxylation sites is 1. The molecule has 1 heterocycles. The summed E-state index contributed by atoms with van der Waals surface area (Å²) in [6.45, 7) is 0.459. The van der Waals surface area contributed by atoms with Gasteiger partial charge in [-0.3, -0.25) is 4.79 Å². The zero-order valence-electron chi connectivity index (χ0n) is 10.5. The largest absolute Gasteiger partial charge is 0.391 e. The third-order valence-electron chi connectivity index (χ3n) is 3.96. The van der Waals surface area contributed by atoms with Crippen molar-refractivity contribution in [3.8, 4) is 0 Å². The molecule has 96 valence electrons. The number of β-amino-alcohol motifs (C(OH)–C–C–N with tert-alkyl or cyclic N) is 1. The van der Waals surface area contributed by atoms with Crippen LogP contribution in [0.5, 0.6) is 0 Å².